The Labute approximate surface area is 115 Å². The minimum absolute atomic E-state index is 0.0312. The van der Waals surface area contributed by atoms with Crippen molar-refractivity contribution in [2.24, 2.45) is 0 Å². The van der Waals surface area contributed by atoms with Gasteiger partial charge in [-0.3, -0.25) is 4.79 Å². The fraction of sp³-hybridized carbons (Fsp3) is 0.727. The number of carbonyl (C=O) groups is 1. The molecule has 3 rings (SSSR count). The highest BCUT2D eigenvalue weighted by molar-refractivity contribution is 7.09. The van der Waals surface area contributed by atoms with Gasteiger partial charge in [-0.25, -0.2) is 0 Å². The van der Waals surface area contributed by atoms with Crippen LogP contribution in [0.2, 0.25) is 0 Å². The normalized spacial score (nSPS) is 23.9. The standard InChI is InChI=1S/C11H18N6OS/c12-10-14-11(19-15-10)17-6-4-16(5-7-17)9(18)8-2-1-3-13-8/h8,13H,1-7H2,(H2,12,15). The zero-order valence-electron chi connectivity index (χ0n) is 10.7. The molecule has 2 saturated heterocycles. The SMILES string of the molecule is Nc1nsc(N2CCN(C(=O)C3CCCN3)CC2)n1. The van der Waals surface area contributed by atoms with E-state index in [0.717, 1.165) is 50.7 Å². The van der Waals surface area contributed by atoms with Crippen LogP contribution in [0.1, 0.15) is 12.8 Å². The van der Waals surface area contributed by atoms with E-state index >= 15 is 0 Å². The summed E-state index contributed by atoms with van der Waals surface area (Å²) in [6.45, 7) is 4.05. The summed E-state index contributed by atoms with van der Waals surface area (Å²) < 4.78 is 3.99. The Hall–Kier alpha value is -1.41. The van der Waals surface area contributed by atoms with Crippen molar-refractivity contribution in [2.75, 3.05) is 43.4 Å². The maximum absolute atomic E-state index is 12.2. The highest BCUT2D eigenvalue weighted by Crippen LogP contribution is 2.20. The molecule has 0 saturated carbocycles. The van der Waals surface area contributed by atoms with Crippen LogP contribution in [-0.4, -0.2) is 58.9 Å². The molecular formula is C11H18N6OS. The smallest absolute Gasteiger partial charge is 0.239 e. The van der Waals surface area contributed by atoms with Crippen molar-refractivity contribution in [3.05, 3.63) is 0 Å². The number of carbonyl (C=O) groups excluding carboxylic acids is 1. The zero-order valence-corrected chi connectivity index (χ0v) is 11.5. The summed E-state index contributed by atoms with van der Waals surface area (Å²) in [5.41, 5.74) is 5.53. The van der Waals surface area contributed by atoms with E-state index in [0.29, 0.717) is 5.95 Å². The van der Waals surface area contributed by atoms with Gasteiger partial charge < -0.3 is 20.9 Å². The van der Waals surface area contributed by atoms with Gasteiger partial charge in [-0.15, -0.1) is 0 Å². The van der Waals surface area contributed by atoms with Gasteiger partial charge in [0.15, 0.2) is 0 Å². The molecular weight excluding hydrogens is 264 g/mol. The van der Waals surface area contributed by atoms with Crippen molar-refractivity contribution in [3.63, 3.8) is 0 Å². The first-order chi connectivity index (χ1) is 9.24. The van der Waals surface area contributed by atoms with Crippen LogP contribution in [0.5, 0.6) is 0 Å². The molecule has 1 aromatic heterocycles. The van der Waals surface area contributed by atoms with E-state index in [4.69, 9.17) is 5.73 Å². The summed E-state index contributed by atoms with van der Waals surface area (Å²) >= 11 is 1.32. The maximum Gasteiger partial charge on any atom is 0.239 e. The van der Waals surface area contributed by atoms with Gasteiger partial charge >= 0.3 is 0 Å². The number of nitrogens with one attached hydrogen (secondary N) is 1. The topological polar surface area (TPSA) is 87.4 Å². The average molecular weight is 282 g/mol. The van der Waals surface area contributed by atoms with E-state index in [-0.39, 0.29) is 11.9 Å². The third-order valence-electron chi connectivity index (χ3n) is 3.65. The Morgan fingerprint density at radius 2 is 2.16 bits per heavy atom. The number of nitrogens with two attached hydrogens (primary N) is 1. The molecule has 3 N–H and O–H groups in total. The van der Waals surface area contributed by atoms with Gasteiger partial charge in [-0.05, 0) is 19.4 Å². The van der Waals surface area contributed by atoms with Crippen LogP contribution in [0.4, 0.5) is 11.1 Å². The van der Waals surface area contributed by atoms with Gasteiger partial charge in [0.05, 0.1) is 6.04 Å². The minimum Gasteiger partial charge on any atom is -0.367 e. The number of amides is 1. The first-order valence-electron chi connectivity index (χ1n) is 6.60. The van der Waals surface area contributed by atoms with E-state index < -0.39 is 0 Å². The molecule has 0 aromatic carbocycles. The lowest BCUT2D eigenvalue weighted by Crippen LogP contribution is -2.53. The zero-order chi connectivity index (χ0) is 13.2. The molecule has 8 heteroatoms. The second-order valence-electron chi connectivity index (χ2n) is 4.90. The Balaban J connectivity index is 1.55. The van der Waals surface area contributed by atoms with Gasteiger partial charge in [-0.2, -0.15) is 9.36 Å². The van der Waals surface area contributed by atoms with Crippen LogP contribution in [0, 0.1) is 0 Å². The lowest BCUT2D eigenvalue weighted by molar-refractivity contribution is -0.133. The average Bonchev–Trinajstić information content (AvgIpc) is 3.09. The minimum atomic E-state index is 0.0312. The number of nitrogen functional groups attached to an aromatic ring is 1. The number of anilines is 2. The molecule has 0 bridgehead atoms. The number of aromatic nitrogens is 2. The van der Waals surface area contributed by atoms with Crippen LogP contribution >= 0.6 is 11.5 Å². The van der Waals surface area contributed by atoms with Gasteiger partial charge in [0.1, 0.15) is 0 Å². The lowest BCUT2D eigenvalue weighted by Gasteiger charge is -2.35. The van der Waals surface area contributed by atoms with E-state index in [1.807, 2.05) is 4.90 Å². The molecule has 7 nitrogen and oxygen atoms in total. The molecule has 1 unspecified atom stereocenters. The summed E-state index contributed by atoms with van der Waals surface area (Å²) in [5.74, 6) is 0.572. The summed E-state index contributed by atoms with van der Waals surface area (Å²) in [7, 11) is 0. The lowest BCUT2D eigenvalue weighted by atomic mass is 10.2. The second-order valence-corrected chi connectivity index (χ2v) is 5.63. The third-order valence-corrected chi connectivity index (χ3v) is 4.44. The molecule has 2 aliphatic rings. The highest BCUT2D eigenvalue weighted by atomic mass is 32.1. The first kappa shape index (κ1) is 12.6. The fourth-order valence-corrected chi connectivity index (χ4v) is 3.24. The number of nitrogens with zero attached hydrogens (tertiary/aromatic N) is 4. The molecule has 104 valence electrons. The van der Waals surface area contributed by atoms with Crippen LogP contribution in [0.3, 0.4) is 0 Å². The molecule has 0 spiro atoms. The van der Waals surface area contributed by atoms with Gasteiger partial charge in [0.2, 0.25) is 17.0 Å². The molecule has 2 aliphatic heterocycles. The molecule has 2 fully saturated rings. The van der Waals surface area contributed by atoms with E-state index in [1.165, 1.54) is 11.5 Å². The van der Waals surface area contributed by atoms with Crippen LogP contribution < -0.4 is 16.0 Å². The molecule has 19 heavy (non-hydrogen) atoms. The molecule has 0 radical (unpaired) electrons. The molecule has 3 heterocycles. The van der Waals surface area contributed by atoms with Gasteiger partial charge in [0.25, 0.3) is 0 Å². The van der Waals surface area contributed by atoms with E-state index in [1.54, 1.807) is 0 Å². The third kappa shape index (κ3) is 2.64. The summed E-state index contributed by atoms with van der Waals surface area (Å²) in [4.78, 5) is 20.5. The molecule has 1 amide bonds. The predicted molar refractivity (Wildman–Crippen MR) is 74.1 cm³/mol. The molecule has 1 aromatic rings. The van der Waals surface area contributed by atoms with Crippen LogP contribution in [-0.2, 0) is 4.79 Å². The van der Waals surface area contributed by atoms with E-state index in [2.05, 4.69) is 19.6 Å². The maximum atomic E-state index is 12.2. The quantitative estimate of drug-likeness (QED) is 0.762. The Bertz CT molecular complexity index is 450. The Kier molecular flexibility index (Phi) is 3.52. The van der Waals surface area contributed by atoms with Crippen molar-refractivity contribution in [1.29, 1.82) is 0 Å². The van der Waals surface area contributed by atoms with Crippen LogP contribution in [0.25, 0.3) is 0 Å². The molecule has 0 aliphatic carbocycles. The summed E-state index contributed by atoms with van der Waals surface area (Å²) in [5, 5.41) is 4.11. The van der Waals surface area contributed by atoms with Gasteiger partial charge in [-0.1, -0.05) is 0 Å². The second kappa shape index (κ2) is 5.30. The number of hydrogen-bond donors (Lipinski definition) is 2. The number of piperazine rings is 1. The Morgan fingerprint density at radius 3 is 2.74 bits per heavy atom. The first-order valence-corrected chi connectivity index (χ1v) is 7.37. The van der Waals surface area contributed by atoms with Crippen molar-refractivity contribution in [3.8, 4) is 0 Å². The summed E-state index contributed by atoms with van der Waals surface area (Å²) in [6.07, 6.45) is 2.06. The largest absolute Gasteiger partial charge is 0.367 e. The van der Waals surface area contributed by atoms with Gasteiger partial charge in [0, 0.05) is 37.7 Å². The monoisotopic (exact) mass is 282 g/mol. The van der Waals surface area contributed by atoms with Crippen LogP contribution in [0.15, 0.2) is 0 Å². The van der Waals surface area contributed by atoms with Crippen molar-refractivity contribution in [2.45, 2.75) is 18.9 Å². The Morgan fingerprint density at radius 1 is 1.37 bits per heavy atom. The highest BCUT2D eigenvalue weighted by Gasteiger charge is 2.29. The molecule has 1 atom stereocenters. The fourth-order valence-electron chi connectivity index (χ4n) is 2.59. The van der Waals surface area contributed by atoms with E-state index in [9.17, 15) is 4.79 Å². The number of rotatable bonds is 2. The van der Waals surface area contributed by atoms with Crippen molar-refractivity contribution in [1.82, 2.24) is 19.6 Å². The van der Waals surface area contributed by atoms with Crippen molar-refractivity contribution >= 4 is 28.5 Å². The summed E-state index contributed by atoms with van der Waals surface area (Å²) in [6, 6.07) is 0.0312. The predicted octanol–water partition coefficient (Wildman–Crippen LogP) is -0.479. The van der Waals surface area contributed by atoms with Crippen molar-refractivity contribution < 1.29 is 4.79 Å². The number of hydrogen-bond acceptors (Lipinski definition) is 7.